The Morgan fingerprint density at radius 1 is 1.30 bits per heavy atom. The van der Waals surface area contributed by atoms with Gasteiger partial charge >= 0.3 is 0 Å². The van der Waals surface area contributed by atoms with Gasteiger partial charge in [-0.25, -0.2) is 0 Å². The molecule has 3 rings (SSSR count). The van der Waals surface area contributed by atoms with Crippen LogP contribution in [0.5, 0.6) is 0 Å². The highest BCUT2D eigenvalue weighted by Crippen LogP contribution is 2.37. The summed E-state index contributed by atoms with van der Waals surface area (Å²) in [7, 11) is 1.91. The van der Waals surface area contributed by atoms with Crippen LogP contribution in [0.1, 0.15) is 11.3 Å². The normalized spacial score (nSPS) is 10.7. The molecule has 3 nitrogen and oxygen atoms in total. The van der Waals surface area contributed by atoms with Crippen molar-refractivity contribution in [2.75, 3.05) is 12.4 Å². The number of fused-ring (bicyclic) bond motifs is 1. The topological polar surface area (TPSA) is 40.7 Å². The van der Waals surface area contributed by atoms with Gasteiger partial charge in [0.05, 0.1) is 0 Å². The summed E-state index contributed by atoms with van der Waals surface area (Å²) in [5, 5.41) is 5.54. The summed E-state index contributed by atoms with van der Waals surface area (Å²) in [5.74, 6) is 0.999. The number of pyridine rings is 1. The van der Waals surface area contributed by atoms with Gasteiger partial charge in [-0.3, -0.25) is 4.98 Å². The first-order valence-electron chi connectivity index (χ1n) is 6.62. The van der Waals surface area contributed by atoms with E-state index in [-0.39, 0.29) is 0 Å². The van der Waals surface area contributed by atoms with Gasteiger partial charge in [0.1, 0.15) is 5.82 Å². The van der Waals surface area contributed by atoms with Crippen LogP contribution in [0, 0.1) is 6.92 Å². The zero-order chi connectivity index (χ0) is 14.1. The first-order valence-corrected chi connectivity index (χ1v) is 6.62. The van der Waals surface area contributed by atoms with E-state index >= 15 is 0 Å². The lowest BCUT2D eigenvalue weighted by molar-refractivity contribution is 1.25. The number of rotatable bonds is 3. The van der Waals surface area contributed by atoms with Gasteiger partial charge in [0.2, 0.25) is 0 Å². The Kier molecular flexibility index (Phi) is 3.03. The smallest absolute Gasteiger partial charge is 0.111 e. The van der Waals surface area contributed by atoms with Crippen molar-refractivity contribution in [2.24, 2.45) is 0 Å². The minimum absolute atomic E-state index is 0.999. The van der Waals surface area contributed by atoms with Gasteiger partial charge in [-0.2, -0.15) is 0 Å². The molecule has 3 heteroatoms. The Morgan fingerprint density at radius 3 is 2.90 bits per heavy atom. The van der Waals surface area contributed by atoms with Crippen LogP contribution in [-0.4, -0.2) is 17.0 Å². The van der Waals surface area contributed by atoms with Crippen molar-refractivity contribution in [3.63, 3.8) is 0 Å². The minimum Gasteiger partial charge on any atom is -0.374 e. The maximum Gasteiger partial charge on any atom is 0.111 e. The predicted octanol–water partition coefficient (Wildman–Crippen LogP) is 4.22. The fraction of sp³-hybridized carbons (Fsp3) is 0.118. The van der Waals surface area contributed by atoms with Gasteiger partial charge in [-0.15, -0.1) is 0 Å². The van der Waals surface area contributed by atoms with Crippen LogP contribution in [0.15, 0.2) is 43.2 Å². The second-order valence-electron chi connectivity index (χ2n) is 4.77. The van der Waals surface area contributed by atoms with Crippen LogP contribution in [0.2, 0.25) is 0 Å². The Morgan fingerprint density at radius 2 is 2.15 bits per heavy atom. The molecule has 20 heavy (non-hydrogen) atoms. The molecule has 0 radical (unpaired) electrons. The summed E-state index contributed by atoms with van der Waals surface area (Å²) in [4.78, 5) is 7.57. The number of hydrogen-bond donors (Lipinski definition) is 2. The second-order valence-corrected chi connectivity index (χ2v) is 4.77. The summed E-state index contributed by atoms with van der Waals surface area (Å²) >= 11 is 0. The first kappa shape index (κ1) is 12.5. The molecule has 0 atom stereocenters. The van der Waals surface area contributed by atoms with Crippen LogP contribution in [0.3, 0.4) is 0 Å². The Labute approximate surface area is 118 Å². The molecular formula is C17H17N3. The highest BCUT2D eigenvalue weighted by atomic mass is 15.0. The highest BCUT2D eigenvalue weighted by Gasteiger charge is 2.15. The lowest BCUT2D eigenvalue weighted by atomic mass is 9.96. The van der Waals surface area contributed by atoms with E-state index in [0.717, 1.165) is 22.5 Å². The fourth-order valence-corrected chi connectivity index (χ4v) is 2.73. The molecule has 0 aliphatic carbocycles. The lowest BCUT2D eigenvalue weighted by Gasteiger charge is -2.08. The molecule has 0 fully saturated rings. The van der Waals surface area contributed by atoms with Crippen molar-refractivity contribution in [3.8, 4) is 11.1 Å². The minimum atomic E-state index is 0.999. The van der Waals surface area contributed by atoms with Gasteiger partial charge in [-0.1, -0.05) is 30.9 Å². The molecule has 100 valence electrons. The van der Waals surface area contributed by atoms with Crippen LogP contribution in [0.25, 0.3) is 28.0 Å². The van der Waals surface area contributed by atoms with Crippen molar-refractivity contribution in [1.29, 1.82) is 0 Å². The molecule has 0 unspecified atom stereocenters. The van der Waals surface area contributed by atoms with Gasteiger partial charge in [-0.05, 0) is 23.9 Å². The summed E-state index contributed by atoms with van der Waals surface area (Å²) in [6, 6.07) is 8.35. The van der Waals surface area contributed by atoms with E-state index in [1.54, 1.807) is 0 Å². The third kappa shape index (κ3) is 1.79. The molecule has 0 saturated heterocycles. The van der Waals surface area contributed by atoms with Gasteiger partial charge in [0.25, 0.3) is 0 Å². The maximum absolute atomic E-state index is 4.19. The van der Waals surface area contributed by atoms with E-state index in [2.05, 4.69) is 53.1 Å². The van der Waals surface area contributed by atoms with Crippen LogP contribution in [-0.2, 0) is 0 Å². The lowest BCUT2D eigenvalue weighted by Crippen LogP contribution is -1.90. The molecule has 3 aromatic rings. The van der Waals surface area contributed by atoms with Crippen LogP contribution in [0.4, 0.5) is 5.82 Å². The molecule has 0 aliphatic rings. The van der Waals surface area contributed by atoms with Crippen molar-refractivity contribution in [1.82, 2.24) is 9.97 Å². The summed E-state index contributed by atoms with van der Waals surface area (Å²) in [5.41, 5.74) is 4.64. The summed E-state index contributed by atoms with van der Waals surface area (Å²) in [6.07, 6.45) is 5.62. The predicted molar refractivity (Wildman–Crippen MR) is 85.9 cm³/mol. The third-order valence-electron chi connectivity index (χ3n) is 3.63. The fourth-order valence-electron chi connectivity index (χ4n) is 2.73. The molecule has 0 bridgehead atoms. The highest BCUT2D eigenvalue weighted by molar-refractivity contribution is 6.00. The standard InChI is InChI=1S/C17H17N3/c1-4-13-16(11(2)20-17(13)18-3)15-7-5-6-12-10-19-9-8-14(12)15/h4-10,18,20H,1H2,2-3H3. The van der Waals surface area contributed by atoms with E-state index in [4.69, 9.17) is 0 Å². The van der Waals surface area contributed by atoms with Crippen LogP contribution < -0.4 is 5.32 Å². The number of benzene rings is 1. The molecule has 0 aliphatic heterocycles. The molecule has 2 aromatic heterocycles. The molecule has 2 heterocycles. The Bertz CT molecular complexity index is 779. The Balaban J connectivity index is 2.37. The van der Waals surface area contributed by atoms with Gasteiger partial charge in [0, 0.05) is 41.6 Å². The number of aromatic nitrogens is 2. The number of H-pyrrole nitrogens is 1. The average Bonchev–Trinajstić information content (AvgIpc) is 2.82. The van der Waals surface area contributed by atoms with Crippen molar-refractivity contribution < 1.29 is 0 Å². The molecule has 0 amide bonds. The number of hydrogen-bond acceptors (Lipinski definition) is 2. The number of aromatic amines is 1. The average molecular weight is 263 g/mol. The van der Waals surface area contributed by atoms with E-state index in [1.165, 1.54) is 16.5 Å². The maximum atomic E-state index is 4.19. The first-order chi connectivity index (χ1) is 9.76. The molecule has 0 saturated carbocycles. The van der Waals surface area contributed by atoms with E-state index in [0.29, 0.717) is 0 Å². The zero-order valence-corrected chi connectivity index (χ0v) is 11.7. The number of aryl methyl sites for hydroxylation is 1. The molecule has 0 spiro atoms. The van der Waals surface area contributed by atoms with Crippen molar-refractivity contribution in [2.45, 2.75) is 6.92 Å². The molecule has 1 aromatic carbocycles. The SMILES string of the molecule is C=Cc1c(NC)[nH]c(C)c1-c1cccc2cnccc12. The number of nitrogens with one attached hydrogen (secondary N) is 2. The molecular weight excluding hydrogens is 246 g/mol. The van der Waals surface area contributed by atoms with Gasteiger partial charge < -0.3 is 10.3 Å². The molecule has 2 N–H and O–H groups in total. The monoisotopic (exact) mass is 263 g/mol. The van der Waals surface area contributed by atoms with Gasteiger partial charge in [0.15, 0.2) is 0 Å². The number of anilines is 1. The second kappa shape index (κ2) is 4.85. The Hall–Kier alpha value is -2.55. The van der Waals surface area contributed by atoms with E-state index in [9.17, 15) is 0 Å². The largest absolute Gasteiger partial charge is 0.374 e. The van der Waals surface area contributed by atoms with Crippen molar-refractivity contribution in [3.05, 3.63) is 54.5 Å². The van der Waals surface area contributed by atoms with E-state index in [1.807, 2.05) is 25.5 Å². The van der Waals surface area contributed by atoms with Crippen LogP contribution >= 0.6 is 0 Å². The zero-order valence-electron chi connectivity index (χ0n) is 11.7. The summed E-state index contributed by atoms with van der Waals surface area (Å²) < 4.78 is 0. The van der Waals surface area contributed by atoms with E-state index < -0.39 is 0 Å². The quantitative estimate of drug-likeness (QED) is 0.742. The third-order valence-corrected chi connectivity index (χ3v) is 3.63. The summed E-state index contributed by atoms with van der Waals surface area (Å²) in [6.45, 7) is 6.03. The number of nitrogens with zero attached hydrogens (tertiary/aromatic N) is 1. The van der Waals surface area contributed by atoms with Crippen molar-refractivity contribution >= 4 is 22.7 Å².